The van der Waals surface area contributed by atoms with Crippen LogP contribution < -0.4 is 10.5 Å². The molecule has 0 saturated heterocycles. The molecule has 0 radical (unpaired) electrons. The van der Waals surface area contributed by atoms with Crippen LogP contribution >= 0.6 is 0 Å². The van der Waals surface area contributed by atoms with Gasteiger partial charge in [-0.25, -0.2) is 8.42 Å². The molecule has 0 aliphatic rings. The number of nitrogens with one attached hydrogen (secondary N) is 1. The average molecular weight is 276 g/mol. The molecule has 0 aliphatic heterocycles. The molecule has 0 unspecified atom stereocenters. The molecule has 0 amide bonds. The first-order chi connectivity index (χ1) is 8.90. The Morgan fingerprint density at radius 2 is 1.68 bits per heavy atom. The van der Waals surface area contributed by atoms with Crippen molar-refractivity contribution in [3.8, 4) is 0 Å². The molecular weight excluding hydrogens is 260 g/mol. The zero-order valence-corrected chi connectivity index (χ0v) is 11.7. The lowest BCUT2D eigenvalue weighted by Crippen LogP contribution is -2.15. The number of nitrogens with two attached hydrogens (primary N) is 1. The summed E-state index contributed by atoms with van der Waals surface area (Å²) in [6, 6.07) is 12.1. The third-order valence-corrected chi connectivity index (χ3v) is 4.40. The van der Waals surface area contributed by atoms with E-state index in [1.807, 2.05) is 19.1 Å². The van der Waals surface area contributed by atoms with Crippen LogP contribution in [0.3, 0.4) is 0 Å². The van der Waals surface area contributed by atoms with Gasteiger partial charge in [0.15, 0.2) is 0 Å². The Morgan fingerprint density at radius 3 is 2.37 bits per heavy atom. The zero-order valence-electron chi connectivity index (χ0n) is 10.8. The summed E-state index contributed by atoms with van der Waals surface area (Å²) in [6.07, 6.45) is 0. The molecular formula is C14H16N2O2S. The van der Waals surface area contributed by atoms with Gasteiger partial charge in [-0.1, -0.05) is 24.3 Å². The van der Waals surface area contributed by atoms with Gasteiger partial charge < -0.3 is 5.73 Å². The topological polar surface area (TPSA) is 72.2 Å². The molecule has 100 valence electrons. The third-order valence-electron chi connectivity index (χ3n) is 2.89. The van der Waals surface area contributed by atoms with Crippen molar-refractivity contribution in [3.63, 3.8) is 0 Å². The predicted molar refractivity (Wildman–Crippen MR) is 77.6 cm³/mol. The van der Waals surface area contributed by atoms with E-state index < -0.39 is 10.0 Å². The first kappa shape index (κ1) is 13.4. The minimum absolute atomic E-state index is 0.204. The smallest absolute Gasteiger partial charge is 0.262 e. The van der Waals surface area contributed by atoms with E-state index in [1.165, 1.54) is 6.07 Å². The third kappa shape index (κ3) is 2.88. The summed E-state index contributed by atoms with van der Waals surface area (Å²) in [5.41, 5.74) is 8.19. The molecule has 2 rings (SSSR count). The van der Waals surface area contributed by atoms with Crippen molar-refractivity contribution < 1.29 is 8.42 Å². The average Bonchev–Trinajstić information content (AvgIpc) is 2.35. The SMILES string of the molecule is Cc1ccccc1NS(=O)(=O)c1cc(N)ccc1C. The van der Waals surface area contributed by atoms with Crippen LogP contribution in [-0.4, -0.2) is 8.42 Å². The molecule has 0 fully saturated rings. The molecule has 19 heavy (non-hydrogen) atoms. The lowest BCUT2D eigenvalue weighted by molar-refractivity contribution is 0.600. The van der Waals surface area contributed by atoms with Gasteiger partial charge in [-0.2, -0.15) is 0 Å². The van der Waals surface area contributed by atoms with Gasteiger partial charge in [0, 0.05) is 5.69 Å². The van der Waals surface area contributed by atoms with Crippen LogP contribution in [0.1, 0.15) is 11.1 Å². The monoisotopic (exact) mass is 276 g/mol. The standard InChI is InChI=1S/C14H16N2O2S/c1-10-5-3-4-6-13(10)16-19(17,18)14-9-12(15)8-7-11(14)2/h3-9,16H,15H2,1-2H3. The van der Waals surface area contributed by atoms with Gasteiger partial charge in [-0.3, -0.25) is 4.72 Å². The minimum Gasteiger partial charge on any atom is -0.399 e. The Balaban J connectivity index is 2.44. The number of nitrogen functional groups attached to an aromatic ring is 1. The predicted octanol–water partition coefficient (Wildman–Crippen LogP) is 2.69. The Labute approximate surface area is 113 Å². The molecule has 0 spiro atoms. The number of benzene rings is 2. The van der Waals surface area contributed by atoms with Crippen LogP contribution in [0, 0.1) is 13.8 Å². The minimum atomic E-state index is -3.62. The van der Waals surface area contributed by atoms with Crippen molar-refractivity contribution in [1.29, 1.82) is 0 Å². The summed E-state index contributed by atoms with van der Waals surface area (Å²) < 4.78 is 27.3. The normalized spacial score (nSPS) is 11.3. The fourth-order valence-electron chi connectivity index (χ4n) is 1.79. The highest BCUT2D eigenvalue weighted by Crippen LogP contribution is 2.23. The Morgan fingerprint density at radius 1 is 1.00 bits per heavy atom. The lowest BCUT2D eigenvalue weighted by atomic mass is 10.2. The molecule has 5 heteroatoms. The van der Waals surface area contributed by atoms with Crippen molar-refractivity contribution in [1.82, 2.24) is 0 Å². The van der Waals surface area contributed by atoms with Gasteiger partial charge in [-0.05, 0) is 43.2 Å². The van der Waals surface area contributed by atoms with E-state index in [4.69, 9.17) is 5.73 Å². The lowest BCUT2D eigenvalue weighted by Gasteiger charge is -2.12. The fourth-order valence-corrected chi connectivity index (χ4v) is 3.20. The molecule has 0 atom stereocenters. The van der Waals surface area contributed by atoms with Gasteiger partial charge in [0.25, 0.3) is 10.0 Å². The van der Waals surface area contributed by atoms with Crippen molar-refractivity contribution in [2.24, 2.45) is 0 Å². The van der Waals surface area contributed by atoms with Crippen molar-refractivity contribution >= 4 is 21.4 Å². The van der Waals surface area contributed by atoms with E-state index in [-0.39, 0.29) is 4.90 Å². The van der Waals surface area contributed by atoms with E-state index >= 15 is 0 Å². The van der Waals surface area contributed by atoms with Crippen LogP contribution in [0.5, 0.6) is 0 Å². The summed E-state index contributed by atoms with van der Waals surface area (Å²) >= 11 is 0. The van der Waals surface area contributed by atoms with Crippen molar-refractivity contribution in [2.45, 2.75) is 18.7 Å². The van der Waals surface area contributed by atoms with Crippen molar-refractivity contribution in [3.05, 3.63) is 53.6 Å². The Hall–Kier alpha value is -2.01. The maximum absolute atomic E-state index is 12.4. The maximum atomic E-state index is 12.4. The Bertz CT molecular complexity index is 709. The largest absolute Gasteiger partial charge is 0.399 e. The molecule has 3 N–H and O–H groups in total. The second kappa shape index (κ2) is 4.93. The molecule has 0 aromatic heterocycles. The van der Waals surface area contributed by atoms with E-state index in [0.717, 1.165) is 5.56 Å². The molecule has 2 aromatic carbocycles. The first-order valence-corrected chi connectivity index (χ1v) is 7.33. The summed E-state index contributed by atoms with van der Waals surface area (Å²) in [6.45, 7) is 3.59. The van der Waals surface area contributed by atoms with Gasteiger partial charge in [0.2, 0.25) is 0 Å². The van der Waals surface area contributed by atoms with Gasteiger partial charge in [0.05, 0.1) is 10.6 Å². The quantitative estimate of drug-likeness (QED) is 0.847. The number of para-hydroxylation sites is 1. The van der Waals surface area contributed by atoms with Gasteiger partial charge in [-0.15, -0.1) is 0 Å². The molecule has 0 bridgehead atoms. The molecule has 4 nitrogen and oxygen atoms in total. The van der Waals surface area contributed by atoms with Gasteiger partial charge >= 0.3 is 0 Å². The van der Waals surface area contributed by atoms with E-state index in [2.05, 4.69) is 4.72 Å². The number of aryl methyl sites for hydroxylation is 2. The molecule has 0 aliphatic carbocycles. The second-order valence-electron chi connectivity index (χ2n) is 4.45. The number of anilines is 2. The van der Waals surface area contributed by atoms with Crippen LogP contribution in [0.2, 0.25) is 0 Å². The molecule has 0 heterocycles. The fraction of sp³-hybridized carbons (Fsp3) is 0.143. The first-order valence-electron chi connectivity index (χ1n) is 5.85. The van der Waals surface area contributed by atoms with E-state index in [0.29, 0.717) is 16.9 Å². The van der Waals surface area contributed by atoms with E-state index in [1.54, 1.807) is 31.2 Å². The maximum Gasteiger partial charge on any atom is 0.262 e. The summed E-state index contributed by atoms with van der Waals surface area (Å²) in [5, 5.41) is 0. The molecule has 2 aromatic rings. The molecule has 0 saturated carbocycles. The highest BCUT2D eigenvalue weighted by atomic mass is 32.2. The highest BCUT2D eigenvalue weighted by Gasteiger charge is 2.17. The summed E-state index contributed by atoms with van der Waals surface area (Å²) in [5.74, 6) is 0. The number of hydrogen-bond donors (Lipinski definition) is 2. The van der Waals surface area contributed by atoms with Crippen LogP contribution in [-0.2, 0) is 10.0 Å². The summed E-state index contributed by atoms with van der Waals surface area (Å²) in [4.78, 5) is 0.204. The number of hydrogen-bond acceptors (Lipinski definition) is 3. The van der Waals surface area contributed by atoms with Crippen LogP contribution in [0.4, 0.5) is 11.4 Å². The van der Waals surface area contributed by atoms with Gasteiger partial charge in [0.1, 0.15) is 0 Å². The Kier molecular flexibility index (Phi) is 3.48. The number of rotatable bonds is 3. The van der Waals surface area contributed by atoms with Crippen LogP contribution in [0.15, 0.2) is 47.4 Å². The zero-order chi connectivity index (χ0) is 14.0. The highest BCUT2D eigenvalue weighted by molar-refractivity contribution is 7.92. The van der Waals surface area contributed by atoms with Crippen molar-refractivity contribution in [2.75, 3.05) is 10.5 Å². The second-order valence-corrected chi connectivity index (χ2v) is 6.10. The van der Waals surface area contributed by atoms with Crippen LogP contribution in [0.25, 0.3) is 0 Å². The summed E-state index contributed by atoms with van der Waals surface area (Å²) in [7, 11) is -3.62. The number of sulfonamides is 1. The van der Waals surface area contributed by atoms with E-state index in [9.17, 15) is 8.42 Å².